The second-order valence-corrected chi connectivity index (χ2v) is 6.79. The van der Waals surface area contributed by atoms with E-state index < -0.39 is 6.55 Å². The summed E-state index contributed by atoms with van der Waals surface area (Å²) < 4.78 is 34.1. The number of hydrogen-bond donors (Lipinski definition) is 1. The quantitative estimate of drug-likeness (QED) is 0.744. The van der Waals surface area contributed by atoms with E-state index in [0.29, 0.717) is 40.0 Å². The summed E-state index contributed by atoms with van der Waals surface area (Å²) in [7, 11) is 1.81. The Kier molecular flexibility index (Phi) is 4.29. The minimum absolute atomic E-state index is 0.0233. The van der Waals surface area contributed by atoms with Crippen LogP contribution in [0.15, 0.2) is 30.7 Å². The first-order valence-corrected chi connectivity index (χ1v) is 8.64. The summed E-state index contributed by atoms with van der Waals surface area (Å²) in [5, 5.41) is 11.7. The highest BCUT2D eigenvalue weighted by atomic mass is 19.3. The second-order valence-electron chi connectivity index (χ2n) is 6.79. The zero-order valence-corrected chi connectivity index (χ0v) is 14.9. The van der Waals surface area contributed by atoms with Crippen LogP contribution in [0, 0.1) is 5.92 Å². The van der Waals surface area contributed by atoms with Gasteiger partial charge < -0.3 is 10.1 Å². The predicted molar refractivity (Wildman–Crippen MR) is 94.4 cm³/mol. The van der Waals surface area contributed by atoms with Gasteiger partial charge in [0.15, 0.2) is 0 Å². The molecule has 3 aromatic rings. The van der Waals surface area contributed by atoms with E-state index in [1.54, 1.807) is 17.8 Å². The summed E-state index contributed by atoms with van der Waals surface area (Å²) in [6.45, 7) is -0.188. The second kappa shape index (κ2) is 6.64. The van der Waals surface area contributed by atoms with Crippen molar-refractivity contribution < 1.29 is 18.3 Å². The first-order valence-electron chi connectivity index (χ1n) is 8.64. The fourth-order valence-corrected chi connectivity index (χ4v) is 3.32. The van der Waals surface area contributed by atoms with Gasteiger partial charge in [-0.05, 0) is 24.6 Å². The van der Waals surface area contributed by atoms with Crippen LogP contribution in [-0.2, 0) is 11.8 Å². The number of hydrogen-bond acceptors (Lipinski definition) is 4. The summed E-state index contributed by atoms with van der Waals surface area (Å²) in [4.78, 5) is 11.5. The third-order valence-electron chi connectivity index (χ3n) is 4.82. The molecule has 1 aliphatic rings. The Morgan fingerprint density at radius 3 is 2.78 bits per heavy atom. The zero-order chi connectivity index (χ0) is 19.1. The van der Waals surface area contributed by atoms with Gasteiger partial charge in [-0.2, -0.15) is 19.0 Å². The number of halogens is 2. The van der Waals surface area contributed by atoms with Gasteiger partial charge in [0, 0.05) is 43.9 Å². The van der Waals surface area contributed by atoms with E-state index in [0.717, 1.165) is 5.39 Å². The number of benzene rings is 1. The van der Waals surface area contributed by atoms with Crippen LogP contribution in [0.25, 0.3) is 22.0 Å². The Bertz CT molecular complexity index is 997. The van der Waals surface area contributed by atoms with E-state index in [9.17, 15) is 13.6 Å². The van der Waals surface area contributed by atoms with E-state index in [2.05, 4.69) is 15.5 Å². The molecule has 142 valence electrons. The molecular weight excluding hydrogens is 356 g/mol. The minimum Gasteiger partial charge on any atom is -0.490 e. The fourth-order valence-electron chi connectivity index (χ4n) is 3.32. The molecule has 0 spiro atoms. The van der Waals surface area contributed by atoms with Crippen LogP contribution in [0.5, 0.6) is 5.75 Å². The van der Waals surface area contributed by atoms with Gasteiger partial charge in [-0.1, -0.05) is 0 Å². The maximum absolute atomic E-state index is 12.8. The van der Waals surface area contributed by atoms with Crippen molar-refractivity contribution in [2.75, 3.05) is 6.54 Å². The number of fused-ring (bicyclic) bond motifs is 1. The maximum Gasteiger partial charge on any atom is 0.333 e. The molecule has 2 aromatic heterocycles. The van der Waals surface area contributed by atoms with Crippen LogP contribution < -0.4 is 10.1 Å². The van der Waals surface area contributed by atoms with Crippen molar-refractivity contribution in [1.29, 1.82) is 0 Å². The topological polar surface area (TPSA) is 74.0 Å². The number of aromatic nitrogens is 4. The molecule has 2 atom stereocenters. The largest absolute Gasteiger partial charge is 0.490 e. The molecule has 4 rings (SSSR count). The molecule has 1 aromatic carbocycles. The van der Waals surface area contributed by atoms with Crippen LogP contribution in [0.3, 0.4) is 0 Å². The zero-order valence-electron chi connectivity index (χ0n) is 14.9. The molecule has 0 radical (unpaired) electrons. The van der Waals surface area contributed by atoms with E-state index in [1.807, 2.05) is 19.2 Å². The number of nitrogens with one attached hydrogen (secondary N) is 1. The first-order chi connectivity index (χ1) is 12.9. The number of amides is 1. The van der Waals surface area contributed by atoms with Crippen molar-refractivity contribution in [1.82, 2.24) is 24.9 Å². The molecule has 1 aliphatic heterocycles. The number of carbonyl (C=O) groups is 1. The monoisotopic (exact) mass is 375 g/mol. The van der Waals surface area contributed by atoms with Gasteiger partial charge in [0.05, 0.1) is 17.1 Å². The van der Waals surface area contributed by atoms with E-state index in [-0.39, 0.29) is 17.9 Å². The van der Waals surface area contributed by atoms with Crippen molar-refractivity contribution >= 4 is 16.8 Å². The molecular formula is C18H19F2N5O2. The summed E-state index contributed by atoms with van der Waals surface area (Å²) in [6, 6.07) is 3.62. The number of nitrogens with zero attached hydrogens (tertiary/aromatic N) is 4. The van der Waals surface area contributed by atoms with Gasteiger partial charge in [0.1, 0.15) is 11.9 Å². The van der Waals surface area contributed by atoms with Crippen molar-refractivity contribution in [3.05, 3.63) is 30.7 Å². The molecule has 27 heavy (non-hydrogen) atoms. The minimum atomic E-state index is -2.69. The Hall–Kier alpha value is -2.97. The van der Waals surface area contributed by atoms with Crippen molar-refractivity contribution in [2.45, 2.75) is 26.0 Å². The molecule has 7 nitrogen and oxygen atoms in total. The lowest BCUT2D eigenvalue weighted by molar-refractivity contribution is -0.119. The molecule has 1 unspecified atom stereocenters. The molecule has 9 heteroatoms. The van der Waals surface area contributed by atoms with Gasteiger partial charge in [0.25, 0.3) is 0 Å². The molecule has 1 amide bonds. The Labute approximate surface area is 153 Å². The molecule has 1 saturated heterocycles. The standard InChI is InChI=1S/C18H19F2N5O2/c1-10(12-5-17(26)21-6-12)27-16-4-11(3-15-14(16)9-24(2)23-15)13-7-22-25(8-13)18(19)20/h3-4,7-10,12,18H,5-6H2,1-2H3,(H,21,26)/t10?,12-/m1/s1. The van der Waals surface area contributed by atoms with Crippen molar-refractivity contribution in [2.24, 2.45) is 13.0 Å². The lowest BCUT2D eigenvalue weighted by Gasteiger charge is -2.20. The molecule has 3 heterocycles. The van der Waals surface area contributed by atoms with E-state index in [4.69, 9.17) is 4.74 Å². The highest BCUT2D eigenvalue weighted by Gasteiger charge is 2.28. The van der Waals surface area contributed by atoms with Crippen molar-refractivity contribution in [3.8, 4) is 16.9 Å². The average molecular weight is 375 g/mol. The van der Waals surface area contributed by atoms with Crippen LogP contribution >= 0.6 is 0 Å². The number of aryl methyl sites for hydroxylation is 1. The Balaban J connectivity index is 1.70. The summed E-state index contributed by atoms with van der Waals surface area (Å²) in [6.07, 6.45) is 4.77. The Morgan fingerprint density at radius 2 is 2.11 bits per heavy atom. The molecule has 0 bridgehead atoms. The third kappa shape index (κ3) is 3.36. The van der Waals surface area contributed by atoms with Crippen LogP contribution in [0.2, 0.25) is 0 Å². The van der Waals surface area contributed by atoms with Gasteiger partial charge in [-0.3, -0.25) is 9.48 Å². The number of alkyl halides is 2. The van der Waals surface area contributed by atoms with Gasteiger partial charge in [-0.25, -0.2) is 4.68 Å². The van der Waals surface area contributed by atoms with E-state index >= 15 is 0 Å². The maximum atomic E-state index is 12.8. The summed E-state index contributed by atoms with van der Waals surface area (Å²) in [5.74, 6) is 0.705. The third-order valence-corrected chi connectivity index (χ3v) is 4.82. The van der Waals surface area contributed by atoms with Crippen LogP contribution in [0.1, 0.15) is 19.9 Å². The molecule has 0 saturated carbocycles. The highest BCUT2D eigenvalue weighted by molar-refractivity contribution is 5.89. The van der Waals surface area contributed by atoms with Gasteiger partial charge >= 0.3 is 6.55 Å². The highest BCUT2D eigenvalue weighted by Crippen LogP contribution is 2.34. The summed E-state index contributed by atoms with van der Waals surface area (Å²) in [5.41, 5.74) is 1.94. The summed E-state index contributed by atoms with van der Waals surface area (Å²) >= 11 is 0. The number of carbonyl (C=O) groups excluding carboxylic acids is 1. The lowest BCUT2D eigenvalue weighted by Crippen LogP contribution is -2.25. The van der Waals surface area contributed by atoms with Gasteiger partial charge in [-0.15, -0.1) is 0 Å². The molecule has 1 N–H and O–H groups in total. The smallest absolute Gasteiger partial charge is 0.333 e. The predicted octanol–water partition coefficient (Wildman–Crippen LogP) is 2.74. The lowest BCUT2D eigenvalue weighted by atomic mass is 10.0. The normalized spacial score (nSPS) is 18.3. The number of ether oxygens (including phenoxy) is 1. The van der Waals surface area contributed by atoms with E-state index in [1.165, 1.54) is 12.4 Å². The SMILES string of the molecule is CC(Oc1cc(-c2cnn(C(F)F)c2)cc2nn(C)cc12)[C@H]1CNC(=O)C1. The first kappa shape index (κ1) is 17.4. The van der Waals surface area contributed by atoms with Gasteiger partial charge in [0.2, 0.25) is 5.91 Å². The average Bonchev–Trinajstić information content (AvgIpc) is 3.32. The molecule has 0 aliphatic carbocycles. The molecule has 1 fully saturated rings. The van der Waals surface area contributed by atoms with Crippen molar-refractivity contribution in [3.63, 3.8) is 0 Å². The van der Waals surface area contributed by atoms with Crippen LogP contribution in [0.4, 0.5) is 8.78 Å². The van der Waals surface area contributed by atoms with Crippen LogP contribution in [-0.4, -0.2) is 38.1 Å². The number of rotatable bonds is 5. The fraction of sp³-hybridized carbons (Fsp3) is 0.389. The Morgan fingerprint density at radius 1 is 1.30 bits per heavy atom.